The van der Waals surface area contributed by atoms with Gasteiger partial charge in [-0.3, -0.25) is 9.59 Å². The predicted octanol–water partition coefficient (Wildman–Crippen LogP) is 2.07. The zero-order valence-electron chi connectivity index (χ0n) is 9.66. The van der Waals surface area contributed by atoms with Gasteiger partial charge in [-0.2, -0.15) is 0 Å². The van der Waals surface area contributed by atoms with E-state index in [2.05, 4.69) is 10.3 Å². The molecule has 0 atom stereocenters. The SMILES string of the molecule is Cc1ccc(NC(=O)c2cccc(=O)[nH]2)cc1F. The molecule has 1 aromatic heterocycles. The Morgan fingerprint density at radius 3 is 2.72 bits per heavy atom. The summed E-state index contributed by atoms with van der Waals surface area (Å²) in [6.07, 6.45) is 0. The Kier molecular flexibility index (Phi) is 3.23. The molecule has 1 aromatic carbocycles. The number of amides is 1. The van der Waals surface area contributed by atoms with Gasteiger partial charge >= 0.3 is 0 Å². The first-order valence-electron chi connectivity index (χ1n) is 5.33. The van der Waals surface area contributed by atoms with Crippen LogP contribution in [-0.2, 0) is 0 Å². The standard InChI is InChI=1S/C13H11FN2O2/c1-8-5-6-9(7-10(8)14)15-13(18)11-3-2-4-12(17)16-11/h2-7H,1H3,(H,15,18)(H,16,17). The van der Waals surface area contributed by atoms with E-state index in [1.807, 2.05) is 0 Å². The summed E-state index contributed by atoms with van der Waals surface area (Å²) < 4.78 is 13.3. The second kappa shape index (κ2) is 4.83. The molecular weight excluding hydrogens is 235 g/mol. The molecule has 0 radical (unpaired) electrons. The van der Waals surface area contributed by atoms with E-state index < -0.39 is 11.7 Å². The van der Waals surface area contributed by atoms with Gasteiger partial charge in [-0.05, 0) is 30.7 Å². The molecule has 0 fully saturated rings. The van der Waals surface area contributed by atoms with Crippen molar-refractivity contribution < 1.29 is 9.18 Å². The van der Waals surface area contributed by atoms with Crippen molar-refractivity contribution in [3.8, 4) is 0 Å². The molecule has 0 bridgehead atoms. The van der Waals surface area contributed by atoms with Crippen molar-refractivity contribution >= 4 is 11.6 Å². The van der Waals surface area contributed by atoms with Crippen LogP contribution in [-0.4, -0.2) is 10.9 Å². The fourth-order valence-corrected chi connectivity index (χ4v) is 1.45. The number of H-pyrrole nitrogens is 1. The molecule has 1 amide bonds. The van der Waals surface area contributed by atoms with Crippen molar-refractivity contribution in [2.24, 2.45) is 0 Å². The second-order valence-corrected chi connectivity index (χ2v) is 3.85. The number of halogens is 1. The molecule has 2 rings (SSSR count). The van der Waals surface area contributed by atoms with Crippen LogP contribution in [0.2, 0.25) is 0 Å². The number of aryl methyl sites for hydroxylation is 1. The smallest absolute Gasteiger partial charge is 0.272 e. The predicted molar refractivity (Wildman–Crippen MR) is 66.2 cm³/mol. The summed E-state index contributed by atoms with van der Waals surface area (Å²) in [7, 11) is 0. The molecule has 18 heavy (non-hydrogen) atoms. The number of rotatable bonds is 2. The van der Waals surface area contributed by atoms with E-state index in [9.17, 15) is 14.0 Å². The van der Waals surface area contributed by atoms with Crippen molar-refractivity contribution in [3.63, 3.8) is 0 Å². The summed E-state index contributed by atoms with van der Waals surface area (Å²) in [5, 5.41) is 2.50. The molecule has 0 aliphatic rings. The highest BCUT2D eigenvalue weighted by Crippen LogP contribution is 2.14. The van der Waals surface area contributed by atoms with E-state index in [0.717, 1.165) is 0 Å². The van der Waals surface area contributed by atoms with Gasteiger partial charge in [0.1, 0.15) is 11.5 Å². The molecule has 0 saturated heterocycles. The van der Waals surface area contributed by atoms with E-state index in [-0.39, 0.29) is 11.3 Å². The van der Waals surface area contributed by atoms with Crippen molar-refractivity contribution in [1.29, 1.82) is 0 Å². The molecule has 0 saturated carbocycles. The van der Waals surface area contributed by atoms with E-state index in [0.29, 0.717) is 11.3 Å². The van der Waals surface area contributed by atoms with Crippen LogP contribution in [0.15, 0.2) is 41.2 Å². The number of aromatic nitrogens is 1. The third-order valence-corrected chi connectivity index (χ3v) is 2.44. The maximum atomic E-state index is 13.3. The van der Waals surface area contributed by atoms with Gasteiger partial charge in [0.05, 0.1) is 0 Å². The van der Waals surface area contributed by atoms with Gasteiger partial charge in [-0.25, -0.2) is 4.39 Å². The maximum absolute atomic E-state index is 13.3. The van der Waals surface area contributed by atoms with Crippen LogP contribution in [0.1, 0.15) is 16.1 Å². The first-order valence-corrected chi connectivity index (χ1v) is 5.33. The number of anilines is 1. The van der Waals surface area contributed by atoms with Crippen LogP contribution < -0.4 is 10.9 Å². The van der Waals surface area contributed by atoms with Crippen LogP contribution in [0, 0.1) is 12.7 Å². The van der Waals surface area contributed by atoms with Gasteiger partial charge in [0.25, 0.3) is 5.91 Å². The fraction of sp³-hybridized carbons (Fsp3) is 0.0769. The lowest BCUT2D eigenvalue weighted by Crippen LogP contribution is -2.17. The number of hydrogen-bond donors (Lipinski definition) is 2. The first kappa shape index (κ1) is 12.0. The molecule has 1 heterocycles. The topological polar surface area (TPSA) is 62.0 Å². The lowest BCUT2D eigenvalue weighted by molar-refractivity contribution is 0.102. The Bertz CT molecular complexity index is 649. The minimum absolute atomic E-state index is 0.128. The highest BCUT2D eigenvalue weighted by Gasteiger charge is 2.07. The molecule has 5 heteroatoms. The summed E-state index contributed by atoms with van der Waals surface area (Å²) in [4.78, 5) is 25.2. The normalized spacial score (nSPS) is 10.1. The van der Waals surface area contributed by atoms with Crippen LogP contribution in [0.5, 0.6) is 0 Å². The minimum Gasteiger partial charge on any atom is -0.321 e. The second-order valence-electron chi connectivity index (χ2n) is 3.85. The Morgan fingerprint density at radius 1 is 1.28 bits per heavy atom. The largest absolute Gasteiger partial charge is 0.321 e. The first-order chi connectivity index (χ1) is 8.56. The Balaban J connectivity index is 2.21. The van der Waals surface area contributed by atoms with Crippen molar-refractivity contribution in [2.75, 3.05) is 5.32 Å². The zero-order valence-corrected chi connectivity index (χ0v) is 9.66. The molecule has 0 aliphatic heterocycles. The molecule has 0 spiro atoms. The summed E-state index contributed by atoms with van der Waals surface area (Å²) in [5.74, 6) is -0.884. The summed E-state index contributed by atoms with van der Waals surface area (Å²) in [6.45, 7) is 1.63. The van der Waals surface area contributed by atoms with Crippen LogP contribution in [0.25, 0.3) is 0 Å². The van der Waals surface area contributed by atoms with Gasteiger partial charge in [0.2, 0.25) is 5.56 Å². The van der Waals surface area contributed by atoms with Gasteiger partial charge in [0, 0.05) is 11.8 Å². The molecular formula is C13H11FN2O2. The molecule has 4 nitrogen and oxygen atoms in total. The van der Waals surface area contributed by atoms with Crippen LogP contribution in [0.4, 0.5) is 10.1 Å². The van der Waals surface area contributed by atoms with Gasteiger partial charge in [-0.1, -0.05) is 12.1 Å². The minimum atomic E-state index is -0.490. The average Bonchev–Trinajstić information content (AvgIpc) is 2.34. The van der Waals surface area contributed by atoms with Gasteiger partial charge in [-0.15, -0.1) is 0 Å². The third-order valence-electron chi connectivity index (χ3n) is 2.44. The molecule has 0 aliphatic carbocycles. The fourth-order valence-electron chi connectivity index (χ4n) is 1.45. The lowest BCUT2D eigenvalue weighted by atomic mass is 10.2. The van der Waals surface area contributed by atoms with Gasteiger partial charge in [0.15, 0.2) is 0 Å². The van der Waals surface area contributed by atoms with Crippen molar-refractivity contribution in [3.05, 3.63) is 63.8 Å². The monoisotopic (exact) mass is 246 g/mol. The number of aromatic amines is 1. The lowest BCUT2D eigenvalue weighted by Gasteiger charge is -2.06. The highest BCUT2D eigenvalue weighted by atomic mass is 19.1. The highest BCUT2D eigenvalue weighted by molar-refractivity contribution is 6.02. The quantitative estimate of drug-likeness (QED) is 0.852. The summed E-state index contributed by atoms with van der Waals surface area (Å²) in [5.41, 5.74) is 0.607. The summed E-state index contributed by atoms with van der Waals surface area (Å²) >= 11 is 0. The maximum Gasteiger partial charge on any atom is 0.272 e. The van der Waals surface area contributed by atoms with E-state index in [1.54, 1.807) is 19.1 Å². The van der Waals surface area contributed by atoms with E-state index in [4.69, 9.17) is 0 Å². The van der Waals surface area contributed by atoms with Crippen molar-refractivity contribution in [1.82, 2.24) is 4.98 Å². The third kappa shape index (κ3) is 2.63. The number of nitrogens with one attached hydrogen (secondary N) is 2. The number of pyridine rings is 1. The van der Waals surface area contributed by atoms with Crippen molar-refractivity contribution in [2.45, 2.75) is 6.92 Å². The molecule has 2 N–H and O–H groups in total. The Morgan fingerprint density at radius 2 is 2.06 bits per heavy atom. The average molecular weight is 246 g/mol. The number of carbonyl (C=O) groups excluding carboxylic acids is 1. The Labute approximate surface area is 102 Å². The number of carbonyl (C=O) groups is 1. The molecule has 2 aromatic rings. The van der Waals surface area contributed by atoms with E-state index in [1.165, 1.54) is 24.3 Å². The number of hydrogen-bond acceptors (Lipinski definition) is 2. The van der Waals surface area contributed by atoms with Gasteiger partial charge < -0.3 is 10.3 Å². The molecule has 92 valence electrons. The number of benzene rings is 1. The zero-order chi connectivity index (χ0) is 13.1. The van der Waals surface area contributed by atoms with Crippen LogP contribution in [0.3, 0.4) is 0 Å². The molecule has 0 unspecified atom stereocenters. The van der Waals surface area contributed by atoms with E-state index >= 15 is 0 Å². The Hall–Kier alpha value is -2.43. The van der Waals surface area contributed by atoms with Crippen LogP contribution >= 0.6 is 0 Å². The summed E-state index contributed by atoms with van der Waals surface area (Å²) in [6, 6.07) is 8.65.